The Morgan fingerprint density at radius 2 is 2.55 bits per heavy atom. The molecule has 11 heavy (non-hydrogen) atoms. The topological polar surface area (TPSA) is 29.1 Å². The first-order chi connectivity index (χ1) is 5.24. The summed E-state index contributed by atoms with van der Waals surface area (Å²) in [7, 11) is 0. The SMILES string of the molecule is C=C(/C=C/C)C1CCC(=O)N1. The van der Waals surface area contributed by atoms with Crippen molar-refractivity contribution in [1.82, 2.24) is 5.32 Å². The molecule has 1 aliphatic heterocycles. The van der Waals surface area contributed by atoms with Gasteiger partial charge in [0.15, 0.2) is 0 Å². The van der Waals surface area contributed by atoms with Crippen LogP contribution >= 0.6 is 0 Å². The van der Waals surface area contributed by atoms with Gasteiger partial charge >= 0.3 is 0 Å². The quantitative estimate of drug-likeness (QED) is 0.594. The number of allylic oxidation sites excluding steroid dienone is 1. The van der Waals surface area contributed by atoms with Crippen LogP contribution in [0.4, 0.5) is 0 Å². The summed E-state index contributed by atoms with van der Waals surface area (Å²) in [6.07, 6.45) is 5.41. The van der Waals surface area contributed by atoms with E-state index in [0.29, 0.717) is 6.42 Å². The summed E-state index contributed by atoms with van der Waals surface area (Å²) in [5.41, 5.74) is 0.998. The molecule has 1 rings (SSSR count). The molecule has 0 aromatic heterocycles. The minimum atomic E-state index is 0.139. The molecular weight excluding hydrogens is 138 g/mol. The number of amides is 1. The van der Waals surface area contributed by atoms with Crippen LogP contribution in [-0.2, 0) is 4.79 Å². The minimum absolute atomic E-state index is 0.139. The molecule has 1 saturated heterocycles. The van der Waals surface area contributed by atoms with Crippen LogP contribution in [-0.4, -0.2) is 11.9 Å². The van der Waals surface area contributed by atoms with E-state index in [9.17, 15) is 4.79 Å². The molecule has 1 amide bonds. The van der Waals surface area contributed by atoms with Crippen molar-refractivity contribution >= 4 is 5.91 Å². The van der Waals surface area contributed by atoms with Crippen LogP contribution < -0.4 is 5.32 Å². The Morgan fingerprint density at radius 1 is 1.82 bits per heavy atom. The summed E-state index contributed by atoms with van der Waals surface area (Å²) >= 11 is 0. The molecule has 0 aromatic rings. The van der Waals surface area contributed by atoms with Gasteiger partial charge in [-0.1, -0.05) is 18.7 Å². The van der Waals surface area contributed by atoms with Crippen molar-refractivity contribution in [2.45, 2.75) is 25.8 Å². The standard InChI is InChI=1S/C9H13NO/c1-3-4-7(2)8-5-6-9(11)10-8/h3-4,8H,2,5-6H2,1H3,(H,10,11)/b4-3+. The highest BCUT2D eigenvalue weighted by atomic mass is 16.1. The molecule has 0 spiro atoms. The van der Waals surface area contributed by atoms with E-state index in [1.54, 1.807) is 0 Å². The lowest BCUT2D eigenvalue weighted by Gasteiger charge is -2.08. The van der Waals surface area contributed by atoms with Gasteiger partial charge < -0.3 is 5.32 Å². The largest absolute Gasteiger partial charge is 0.349 e. The van der Waals surface area contributed by atoms with Gasteiger partial charge in [0.05, 0.1) is 6.04 Å². The lowest BCUT2D eigenvalue weighted by Crippen LogP contribution is -2.25. The molecule has 0 bridgehead atoms. The second-order valence-electron chi connectivity index (χ2n) is 2.73. The van der Waals surface area contributed by atoms with E-state index < -0.39 is 0 Å². The molecule has 1 fully saturated rings. The Morgan fingerprint density at radius 3 is 3.00 bits per heavy atom. The maximum atomic E-state index is 10.8. The van der Waals surface area contributed by atoms with Gasteiger partial charge in [0, 0.05) is 6.42 Å². The van der Waals surface area contributed by atoms with Gasteiger partial charge in [-0.05, 0) is 18.9 Å². The lowest BCUT2D eigenvalue weighted by molar-refractivity contribution is -0.119. The Balaban J connectivity index is 2.49. The molecule has 0 aromatic carbocycles. The van der Waals surface area contributed by atoms with E-state index in [1.165, 1.54) is 0 Å². The van der Waals surface area contributed by atoms with Gasteiger partial charge in [-0.3, -0.25) is 4.79 Å². The summed E-state index contributed by atoms with van der Waals surface area (Å²) in [6, 6.07) is 0.179. The van der Waals surface area contributed by atoms with Gasteiger partial charge in [-0.15, -0.1) is 0 Å². The zero-order valence-electron chi connectivity index (χ0n) is 6.76. The number of nitrogens with one attached hydrogen (secondary N) is 1. The number of carbonyl (C=O) groups is 1. The fourth-order valence-electron chi connectivity index (χ4n) is 1.22. The van der Waals surface area contributed by atoms with Crippen molar-refractivity contribution in [2.24, 2.45) is 0 Å². The monoisotopic (exact) mass is 151 g/mol. The zero-order chi connectivity index (χ0) is 8.27. The molecule has 1 N–H and O–H groups in total. The summed E-state index contributed by atoms with van der Waals surface area (Å²) < 4.78 is 0. The molecule has 1 unspecified atom stereocenters. The Bertz CT molecular complexity index is 206. The Labute approximate surface area is 67.0 Å². The number of carbonyl (C=O) groups excluding carboxylic acids is 1. The van der Waals surface area contributed by atoms with Crippen molar-refractivity contribution < 1.29 is 4.79 Å². The molecule has 1 heterocycles. The summed E-state index contributed by atoms with van der Waals surface area (Å²) in [5, 5.41) is 2.85. The van der Waals surface area contributed by atoms with Crippen LogP contribution in [0.1, 0.15) is 19.8 Å². The number of hydrogen-bond donors (Lipinski definition) is 1. The third-order valence-electron chi connectivity index (χ3n) is 1.82. The fourth-order valence-corrected chi connectivity index (χ4v) is 1.22. The van der Waals surface area contributed by atoms with Crippen LogP contribution in [0.5, 0.6) is 0 Å². The van der Waals surface area contributed by atoms with E-state index in [4.69, 9.17) is 0 Å². The predicted molar refractivity (Wildman–Crippen MR) is 45.1 cm³/mol. The molecule has 0 radical (unpaired) electrons. The summed E-state index contributed by atoms with van der Waals surface area (Å²) in [4.78, 5) is 10.8. The molecule has 0 saturated carbocycles. The second kappa shape index (κ2) is 3.37. The fraction of sp³-hybridized carbons (Fsp3) is 0.444. The van der Waals surface area contributed by atoms with Gasteiger partial charge in [-0.25, -0.2) is 0 Å². The van der Waals surface area contributed by atoms with E-state index in [2.05, 4.69) is 11.9 Å². The van der Waals surface area contributed by atoms with Crippen LogP contribution in [0.3, 0.4) is 0 Å². The first-order valence-corrected chi connectivity index (χ1v) is 3.85. The van der Waals surface area contributed by atoms with Crippen molar-refractivity contribution in [2.75, 3.05) is 0 Å². The summed E-state index contributed by atoms with van der Waals surface area (Å²) in [6.45, 7) is 5.81. The third kappa shape index (κ3) is 1.93. The van der Waals surface area contributed by atoms with Crippen molar-refractivity contribution in [3.63, 3.8) is 0 Å². The molecule has 60 valence electrons. The van der Waals surface area contributed by atoms with Gasteiger partial charge in [0.25, 0.3) is 0 Å². The molecule has 1 aliphatic rings. The minimum Gasteiger partial charge on any atom is -0.349 e. The van der Waals surface area contributed by atoms with E-state index in [0.717, 1.165) is 12.0 Å². The molecular formula is C9H13NO. The number of hydrogen-bond acceptors (Lipinski definition) is 1. The Kier molecular flexibility index (Phi) is 2.47. The molecule has 1 atom stereocenters. The van der Waals surface area contributed by atoms with Crippen LogP contribution in [0.2, 0.25) is 0 Å². The van der Waals surface area contributed by atoms with Crippen molar-refractivity contribution in [1.29, 1.82) is 0 Å². The van der Waals surface area contributed by atoms with Crippen LogP contribution in [0.15, 0.2) is 24.3 Å². The molecule has 2 heteroatoms. The maximum Gasteiger partial charge on any atom is 0.220 e. The third-order valence-corrected chi connectivity index (χ3v) is 1.82. The molecule has 0 aliphatic carbocycles. The second-order valence-corrected chi connectivity index (χ2v) is 2.73. The first-order valence-electron chi connectivity index (χ1n) is 3.85. The van der Waals surface area contributed by atoms with E-state index >= 15 is 0 Å². The van der Waals surface area contributed by atoms with Crippen molar-refractivity contribution in [3.05, 3.63) is 24.3 Å². The smallest absolute Gasteiger partial charge is 0.220 e. The predicted octanol–water partition coefficient (Wildman–Crippen LogP) is 1.40. The summed E-state index contributed by atoms with van der Waals surface area (Å²) in [5.74, 6) is 0.139. The van der Waals surface area contributed by atoms with Crippen molar-refractivity contribution in [3.8, 4) is 0 Å². The normalized spacial score (nSPS) is 24.1. The average Bonchev–Trinajstić information content (AvgIpc) is 2.36. The van der Waals surface area contributed by atoms with Gasteiger partial charge in [-0.2, -0.15) is 0 Å². The van der Waals surface area contributed by atoms with Gasteiger partial charge in [0.2, 0.25) is 5.91 Å². The van der Waals surface area contributed by atoms with E-state index in [-0.39, 0.29) is 11.9 Å². The van der Waals surface area contributed by atoms with Gasteiger partial charge in [0.1, 0.15) is 0 Å². The maximum absolute atomic E-state index is 10.8. The highest BCUT2D eigenvalue weighted by Crippen LogP contribution is 2.14. The number of rotatable bonds is 2. The van der Waals surface area contributed by atoms with E-state index in [1.807, 2.05) is 19.1 Å². The molecule has 2 nitrogen and oxygen atoms in total. The average molecular weight is 151 g/mol. The first kappa shape index (κ1) is 8.05. The zero-order valence-corrected chi connectivity index (χ0v) is 6.76. The van der Waals surface area contributed by atoms with Crippen LogP contribution in [0, 0.1) is 0 Å². The Hall–Kier alpha value is -1.05. The van der Waals surface area contributed by atoms with Crippen LogP contribution in [0.25, 0.3) is 0 Å². The highest BCUT2D eigenvalue weighted by Gasteiger charge is 2.21. The highest BCUT2D eigenvalue weighted by molar-refractivity contribution is 5.79. The lowest BCUT2D eigenvalue weighted by atomic mass is 10.1.